The molecule has 3 aromatic heterocycles. The van der Waals surface area contributed by atoms with Gasteiger partial charge < -0.3 is 19.2 Å². The molecule has 1 saturated heterocycles. The highest BCUT2D eigenvalue weighted by molar-refractivity contribution is 7.16. The van der Waals surface area contributed by atoms with Gasteiger partial charge in [-0.25, -0.2) is 0 Å². The maximum absolute atomic E-state index is 13.5. The predicted molar refractivity (Wildman–Crippen MR) is 134 cm³/mol. The number of fused-ring (bicyclic) bond motifs is 1. The first-order chi connectivity index (χ1) is 16.5. The van der Waals surface area contributed by atoms with Crippen molar-refractivity contribution >= 4 is 45.0 Å². The molecule has 0 aliphatic carbocycles. The van der Waals surface area contributed by atoms with Gasteiger partial charge in [-0.05, 0) is 67.1 Å². The van der Waals surface area contributed by atoms with Crippen LogP contribution in [0.2, 0.25) is 5.02 Å². The first-order valence-electron chi connectivity index (χ1n) is 11.4. The summed E-state index contributed by atoms with van der Waals surface area (Å²) in [5, 5.41) is 6.85. The zero-order chi connectivity index (χ0) is 23.7. The number of carbonyl (C=O) groups is 2. The van der Waals surface area contributed by atoms with Crippen LogP contribution in [0.1, 0.15) is 47.6 Å². The van der Waals surface area contributed by atoms with Crippen LogP contribution in [0.25, 0.3) is 10.2 Å². The normalized spacial score (nSPS) is 15.5. The van der Waals surface area contributed by atoms with E-state index in [2.05, 4.69) is 9.88 Å². The fourth-order valence-electron chi connectivity index (χ4n) is 4.53. The SMILES string of the molecule is C[C@@H](NC(=O)C1CCN(C(=O)c2cc3ccsc3n2Cc2ccc(Cl)cc2)CC1)c1ccco1. The van der Waals surface area contributed by atoms with Crippen molar-refractivity contribution in [3.63, 3.8) is 0 Å². The number of thiophene rings is 1. The topological polar surface area (TPSA) is 67.5 Å². The Labute approximate surface area is 207 Å². The summed E-state index contributed by atoms with van der Waals surface area (Å²) in [6.45, 7) is 3.64. The van der Waals surface area contributed by atoms with Gasteiger partial charge in [0.2, 0.25) is 5.91 Å². The van der Waals surface area contributed by atoms with Crippen molar-refractivity contribution in [3.05, 3.63) is 82.2 Å². The molecule has 8 heteroatoms. The van der Waals surface area contributed by atoms with Crippen LogP contribution in [0.5, 0.6) is 0 Å². The smallest absolute Gasteiger partial charge is 0.270 e. The molecule has 1 fully saturated rings. The Balaban J connectivity index is 1.26. The fourth-order valence-corrected chi connectivity index (χ4v) is 5.55. The van der Waals surface area contributed by atoms with E-state index in [4.69, 9.17) is 16.0 Å². The van der Waals surface area contributed by atoms with Gasteiger partial charge in [0.25, 0.3) is 5.91 Å². The van der Waals surface area contributed by atoms with Gasteiger partial charge in [-0.1, -0.05) is 23.7 Å². The summed E-state index contributed by atoms with van der Waals surface area (Å²) in [4.78, 5) is 29.2. The van der Waals surface area contributed by atoms with Gasteiger partial charge in [0.1, 0.15) is 16.3 Å². The number of nitrogens with zero attached hydrogens (tertiary/aromatic N) is 2. The third-order valence-electron chi connectivity index (χ3n) is 6.46. The lowest BCUT2D eigenvalue weighted by molar-refractivity contribution is -0.127. The van der Waals surface area contributed by atoms with Gasteiger partial charge in [-0.2, -0.15) is 0 Å². The highest BCUT2D eigenvalue weighted by atomic mass is 35.5. The number of amides is 2. The maximum Gasteiger partial charge on any atom is 0.270 e. The van der Waals surface area contributed by atoms with E-state index in [1.807, 2.05) is 65.7 Å². The molecule has 0 spiro atoms. The van der Waals surface area contributed by atoms with Crippen molar-refractivity contribution in [2.45, 2.75) is 32.4 Å². The van der Waals surface area contributed by atoms with Crippen LogP contribution < -0.4 is 5.32 Å². The number of hydrogen-bond donors (Lipinski definition) is 1. The molecule has 4 heterocycles. The number of carbonyl (C=O) groups excluding carboxylic acids is 2. The second-order valence-electron chi connectivity index (χ2n) is 8.74. The standard InChI is InChI=1S/C26H26ClN3O3S/c1-17(23-3-2-13-33-23)28-24(31)19-8-11-29(12-9-19)25(32)22-15-20-10-14-34-26(20)30(22)16-18-4-6-21(27)7-5-18/h2-7,10,13-15,17,19H,8-9,11-12,16H2,1H3,(H,28,31)/t17-/m1/s1. The summed E-state index contributed by atoms with van der Waals surface area (Å²) < 4.78 is 7.48. The largest absolute Gasteiger partial charge is 0.467 e. The molecule has 0 radical (unpaired) electrons. The molecule has 0 saturated carbocycles. The van der Waals surface area contributed by atoms with Gasteiger partial charge in [-0.15, -0.1) is 11.3 Å². The predicted octanol–water partition coefficient (Wildman–Crippen LogP) is 5.73. The van der Waals surface area contributed by atoms with E-state index in [-0.39, 0.29) is 23.8 Å². The molecule has 6 nitrogen and oxygen atoms in total. The Hall–Kier alpha value is -3.03. The number of aromatic nitrogens is 1. The van der Waals surface area contributed by atoms with Crippen molar-refractivity contribution in [2.24, 2.45) is 5.92 Å². The monoisotopic (exact) mass is 495 g/mol. The number of piperidine rings is 1. The van der Waals surface area contributed by atoms with E-state index in [1.54, 1.807) is 17.6 Å². The van der Waals surface area contributed by atoms with Crippen molar-refractivity contribution in [1.82, 2.24) is 14.8 Å². The number of rotatable bonds is 6. The minimum atomic E-state index is -0.175. The summed E-state index contributed by atoms with van der Waals surface area (Å²) in [6, 6.07) is 15.2. The van der Waals surface area contributed by atoms with E-state index >= 15 is 0 Å². The number of likely N-dealkylation sites (tertiary alicyclic amines) is 1. The molecule has 1 aliphatic heterocycles. The summed E-state index contributed by atoms with van der Waals surface area (Å²) in [7, 11) is 0. The molecule has 1 aromatic carbocycles. The van der Waals surface area contributed by atoms with Crippen molar-refractivity contribution in [2.75, 3.05) is 13.1 Å². The Kier molecular flexibility index (Phi) is 6.48. The molecule has 176 valence electrons. The van der Waals surface area contributed by atoms with Gasteiger partial charge in [0.05, 0.1) is 12.3 Å². The zero-order valence-corrected chi connectivity index (χ0v) is 20.4. The second-order valence-corrected chi connectivity index (χ2v) is 10.1. The van der Waals surface area contributed by atoms with Gasteiger partial charge in [0.15, 0.2) is 0 Å². The van der Waals surface area contributed by atoms with Crippen molar-refractivity contribution in [3.8, 4) is 0 Å². The Bertz CT molecular complexity index is 1280. The first-order valence-corrected chi connectivity index (χ1v) is 12.7. The summed E-state index contributed by atoms with van der Waals surface area (Å²) in [6.07, 6.45) is 2.90. The van der Waals surface area contributed by atoms with Crippen LogP contribution in [0.15, 0.2) is 64.6 Å². The number of furan rings is 1. The minimum absolute atomic E-state index is 0.0141. The maximum atomic E-state index is 13.5. The summed E-state index contributed by atoms with van der Waals surface area (Å²) >= 11 is 7.68. The molecule has 4 aromatic rings. The Morgan fingerprint density at radius 3 is 2.65 bits per heavy atom. The summed E-state index contributed by atoms with van der Waals surface area (Å²) in [5.74, 6) is 0.663. The van der Waals surface area contributed by atoms with Crippen molar-refractivity contribution in [1.29, 1.82) is 0 Å². The highest BCUT2D eigenvalue weighted by Crippen LogP contribution is 2.29. The average molecular weight is 496 g/mol. The molecule has 0 bridgehead atoms. The van der Waals surface area contributed by atoms with E-state index in [9.17, 15) is 9.59 Å². The van der Waals surface area contributed by atoms with Crippen LogP contribution in [-0.4, -0.2) is 34.4 Å². The van der Waals surface area contributed by atoms with Crippen molar-refractivity contribution < 1.29 is 14.0 Å². The van der Waals surface area contributed by atoms with Gasteiger partial charge >= 0.3 is 0 Å². The third-order valence-corrected chi connectivity index (χ3v) is 7.66. The molecule has 5 rings (SSSR count). The molecule has 2 amide bonds. The van der Waals surface area contributed by atoms with Crippen LogP contribution >= 0.6 is 22.9 Å². The van der Waals surface area contributed by atoms with Crippen LogP contribution in [0.3, 0.4) is 0 Å². The van der Waals surface area contributed by atoms with Gasteiger partial charge in [0, 0.05) is 36.0 Å². The van der Waals surface area contributed by atoms with Crippen LogP contribution in [-0.2, 0) is 11.3 Å². The highest BCUT2D eigenvalue weighted by Gasteiger charge is 2.30. The Morgan fingerprint density at radius 2 is 1.94 bits per heavy atom. The first kappa shape index (κ1) is 22.7. The van der Waals surface area contributed by atoms with Gasteiger partial charge in [-0.3, -0.25) is 9.59 Å². The van der Waals surface area contributed by atoms with E-state index in [1.165, 1.54) is 0 Å². The molecular weight excluding hydrogens is 470 g/mol. The number of benzene rings is 1. The lowest BCUT2D eigenvalue weighted by Crippen LogP contribution is -2.43. The fraction of sp³-hybridized carbons (Fsp3) is 0.308. The molecule has 1 aliphatic rings. The molecule has 34 heavy (non-hydrogen) atoms. The van der Waals surface area contributed by atoms with E-state index < -0.39 is 0 Å². The number of nitrogens with one attached hydrogen (secondary N) is 1. The lowest BCUT2D eigenvalue weighted by Gasteiger charge is -2.32. The summed E-state index contributed by atoms with van der Waals surface area (Å²) in [5.41, 5.74) is 1.77. The van der Waals surface area contributed by atoms with E-state index in [0.717, 1.165) is 21.5 Å². The lowest BCUT2D eigenvalue weighted by atomic mass is 9.95. The molecular formula is C26H26ClN3O3S. The second kappa shape index (κ2) is 9.68. The number of hydrogen-bond acceptors (Lipinski definition) is 4. The number of halogens is 1. The van der Waals surface area contributed by atoms with Crippen LogP contribution in [0, 0.1) is 5.92 Å². The molecule has 1 atom stereocenters. The molecule has 1 N–H and O–H groups in total. The zero-order valence-electron chi connectivity index (χ0n) is 18.9. The average Bonchev–Trinajstić information content (AvgIpc) is 3.59. The molecule has 0 unspecified atom stereocenters. The van der Waals surface area contributed by atoms with Crippen LogP contribution in [0.4, 0.5) is 0 Å². The Morgan fingerprint density at radius 1 is 1.18 bits per heavy atom. The van der Waals surface area contributed by atoms with E-state index in [0.29, 0.717) is 43.2 Å². The third kappa shape index (κ3) is 4.63. The quantitative estimate of drug-likeness (QED) is 0.371. The minimum Gasteiger partial charge on any atom is -0.467 e.